The van der Waals surface area contributed by atoms with Crippen LogP contribution in [0.5, 0.6) is 0 Å². The molecule has 0 saturated carbocycles. The average molecular weight is 142 g/mol. The Morgan fingerprint density at radius 2 is 1.80 bits per heavy atom. The van der Waals surface area contributed by atoms with Crippen molar-refractivity contribution in [3.63, 3.8) is 0 Å². The first-order valence-corrected chi connectivity index (χ1v) is 4.10. The predicted molar refractivity (Wildman–Crippen MR) is 43.0 cm³/mol. The highest BCUT2D eigenvalue weighted by Gasteiger charge is 2.46. The number of rotatable bonds is 1. The average Bonchev–Trinajstić information content (AvgIpc) is 1.58. The van der Waals surface area contributed by atoms with E-state index in [0.29, 0.717) is 10.8 Å². The zero-order valence-corrected chi connectivity index (χ0v) is 7.53. The van der Waals surface area contributed by atoms with Crippen LogP contribution in [0.3, 0.4) is 0 Å². The van der Waals surface area contributed by atoms with Gasteiger partial charge >= 0.3 is 0 Å². The normalized spacial score (nSPS) is 24.0. The van der Waals surface area contributed by atoms with Crippen LogP contribution in [0.25, 0.3) is 0 Å². The highest BCUT2D eigenvalue weighted by Crippen LogP contribution is 2.46. The van der Waals surface area contributed by atoms with Crippen molar-refractivity contribution < 1.29 is 4.74 Å². The van der Waals surface area contributed by atoms with Crippen molar-refractivity contribution in [3.05, 3.63) is 0 Å². The molecule has 1 nitrogen and oxygen atoms in total. The van der Waals surface area contributed by atoms with E-state index in [1.807, 2.05) is 0 Å². The van der Waals surface area contributed by atoms with Gasteiger partial charge < -0.3 is 4.74 Å². The maximum atomic E-state index is 5.26. The van der Waals surface area contributed by atoms with E-state index in [1.54, 1.807) is 0 Å². The van der Waals surface area contributed by atoms with E-state index in [9.17, 15) is 0 Å². The Bertz CT molecular complexity index is 112. The molecule has 1 fully saturated rings. The summed E-state index contributed by atoms with van der Waals surface area (Å²) in [6, 6.07) is 0. The van der Waals surface area contributed by atoms with Gasteiger partial charge in [-0.05, 0) is 11.8 Å². The summed E-state index contributed by atoms with van der Waals surface area (Å²) in [6.45, 7) is 11.1. The van der Waals surface area contributed by atoms with Crippen molar-refractivity contribution in [1.82, 2.24) is 0 Å². The fraction of sp³-hybridized carbons (Fsp3) is 1.00. The summed E-state index contributed by atoms with van der Waals surface area (Å²) in [7, 11) is 0. The monoisotopic (exact) mass is 142 g/mol. The molecule has 0 radical (unpaired) electrons. The lowest BCUT2D eigenvalue weighted by Crippen LogP contribution is -2.51. The molecule has 0 aromatic rings. The Morgan fingerprint density at radius 3 is 1.80 bits per heavy atom. The molecular weight excluding hydrogens is 124 g/mol. The van der Waals surface area contributed by atoms with Crippen LogP contribution in [0.1, 0.15) is 34.1 Å². The summed E-state index contributed by atoms with van der Waals surface area (Å²) in [5.74, 6) is 0. The Kier molecular flexibility index (Phi) is 1.80. The summed E-state index contributed by atoms with van der Waals surface area (Å²) < 4.78 is 5.26. The zero-order chi connectivity index (χ0) is 7.83. The molecular formula is C9H18O. The van der Waals surface area contributed by atoms with Gasteiger partial charge in [0, 0.05) is 5.41 Å². The second-order valence-corrected chi connectivity index (χ2v) is 4.38. The summed E-state index contributed by atoms with van der Waals surface area (Å²) in [4.78, 5) is 0. The first kappa shape index (κ1) is 8.06. The van der Waals surface area contributed by atoms with Gasteiger partial charge in [-0.15, -0.1) is 0 Å². The maximum absolute atomic E-state index is 5.26. The summed E-state index contributed by atoms with van der Waals surface area (Å²) in [5.41, 5.74) is 0.896. The third-order valence-corrected chi connectivity index (χ3v) is 3.02. The molecule has 0 unspecified atom stereocenters. The number of ether oxygens (including phenoxy) is 1. The predicted octanol–water partition coefficient (Wildman–Crippen LogP) is 2.46. The van der Waals surface area contributed by atoms with E-state index in [2.05, 4.69) is 27.7 Å². The molecule has 0 amide bonds. The lowest BCUT2D eigenvalue weighted by atomic mass is 9.64. The minimum absolute atomic E-state index is 0.417. The first-order valence-electron chi connectivity index (χ1n) is 4.10. The fourth-order valence-electron chi connectivity index (χ4n) is 1.52. The van der Waals surface area contributed by atoms with Crippen LogP contribution in [0.15, 0.2) is 0 Å². The standard InChI is InChI=1S/C9H18O/c1-5-9(6-10-7-9)8(2,3)4/h5-7H2,1-4H3. The molecule has 1 heterocycles. The molecule has 1 aliphatic heterocycles. The lowest BCUT2D eigenvalue weighted by molar-refractivity contribution is -0.171. The van der Waals surface area contributed by atoms with Crippen molar-refractivity contribution in [1.29, 1.82) is 0 Å². The van der Waals surface area contributed by atoms with E-state index >= 15 is 0 Å². The van der Waals surface area contributed by atoms with Crippen molar-refractivity contribution in [2.45, 2.75) is 34.1 Å². The highest BCUT2D eigenvalue weighted by atomic mass is 16.5. The van der Waals surface area contributed by atoms with Crippen molar-refractivity contribution in [2.24, 2.45) is 10.8 Å². The summed E-state index contributed by atoms with van der Waals surface area (Å²) >= 11 is 0. The Morgan fingerprint density at radius 1 is 1.30 bits per heavy atom. The van der Waals surface area contributed by atoms with Crippen LogP contribution < -0.4 is 0 Å². The quantitative estimate of drug-likeness (QED) is 0.546. The third-order valence-electron chi connectivity index (χ3n) is 3.02. The smallest absolute Gasteiger partial charge is 0.0549 e. The molecule has 0 N–H and O–H groups in total. The minimum atomic E-state index is 0.417. The Hall–Kier alpha value is -0.0400. The van der Waals surface area contributed by atoms with Gasteiger partial charge in [-0.3, -0.25) is 0 Å². The van der Waals surface area contributed by atoms with E-state index in [1.165, 1.54) is 6.42 Å². The van der Waals surface area contributed by atoms with Gasteiger partial charge in [0.05, 0.1) is 13.2 Å². The van der Waals surface area contributed by atoms with Crippen LogP contribution in [0.4, 0.5) is 0 Å². The first-order chi connectivity index (χ1) is 4.52. The van der Waals surface area contributed by atoms with E-state index in [-0.39, 0.29) is 0 Å². The minimum Gasteiger partial charge on any atom is -0.380 e. The van der Waals surface area contributed by atoms with Gasteiger partial charge in [-0.2, -0.15) is 0 Å². The van der Waals surface area contributed by atoms with Gasteiger partial charge in [-0.25, -0.2) is 0 Å². The molecule has 0 aromatic carbocycles. The van der Waals surface area contributed by atoms with Gasteiger partial charge in [-0.1, -0.05) is 27.7 Å². The molecule has 1 rings (SSSR count). The van der Waals surface area contributed by atoms with E-state index in [0.717, 1.165) is 13.2 Å². The van der Waals surface area contributed by atoms with Gasteiger partial charge in [0.15, 0.2) is 0 Å². The third kappa shape index (κ3) is 0.968. The van der Waals surface area contributed by atoms with Gasteiger partial charge in [0.1, 0.15) is 0 Å². The topological polar surface area (TPSA) is 9.23 Å². The van der Waals surface area contributed by atoms with E-state index < -0.39 is 0 Å². The van der Waals surface area contributed by atoms with Crippen LogP contribution in [0.2, 0.25) is 0 Å². The van der Waals surface area contributed by atoms with Crippen molar-refractivity contribution >= 4 is 0 Å². The second kappa shape index (κ2) is 2.23. The van der Waals surface area contributed by atoms with Crippen LogP contribution in [0, 0.1) is 10.8 Å². The molecule has 0 spiro atoms. The largest absolute Gasteiger partial charge is 0.380 e. The van der Waals surface area contributed by atoms with Gasteiger partial charge in [0.2, 0.25) is 0 Å². The number of hydrogen-bond donors (Lipinski definition) is 0. The number of hydrogen-bond acceptors (Lipinski definition) is 1. The van der Waals surface area contributed by atoms with Crippen molar-refractivity contribution in [2.75, 3.05) is 13.2 Å². The van der Waals surface area contributed by atoms with E-state index in [4.69, 9.17) is 4.74 Å². The van der Waals surface area contributed by atoms with Gasteiger partial charge in [0.25, 0.3) is 0 Å². The zero-order valence-electron chi connectivity index (χ0n) is 7.53. The molecule has 1 saturated heterocycles. The van der Waals surface area contributed by atoms with Crippen LogP contribution >= 0.6 is 0 Å². The fourth-order valence-corrected chi connectivity index (χ4v) is 1.52. The second-order valence-electron chi connectivity index (χ2n) is 4.38. The Labute approximate surface area is 63.8 Å². The molecule has 0 aliphatic carbocycles. The summed E-state index contributed by atoms with van der Waals surface area (Å²) in [6.07, 6.45) is 1.25. The Balaban J connectivity index is 2.65. The maximum Gasteiger partial charge on any atom is 0.0549 e. The molecule has 0 bridgehead atoms. The SMILES string of the molecule is CCC1(C(C)(C)C)COC1. The van der Waals surface area contributed by atoms with Crippen LogP contribution in [-0.4, -0.2) is 13.2 Å². The lowest BCUT2D eigenvalue weighted by Gasteiger charge is -2.50. The molecule has 0 atom stereocenters. The molecule has 1 heteroatoms. The molecule has 60 valence electrons. The molecule has 0 aromatic heterocycles. The van der Waals surface area contributed by atoms with Crippen molar-refractivity contribution in [3.8, 4) is 0 Å². The summed E-state index contributed by atoms with van der Waals surface area (Å²) in [5, 5.41) is 0. The molecule has 10 heavy (non-hydrogen) atoms. The molecule has 1 aliphatic rings. The highest BCUT2D eigenvalue weighted by molar-refractivity contribution is 4.93. The van der Waals surface area contributed by atoms with Crippen LogP contribution in [-0.2, 0) is 4.74 Å².